The second-order valence-corrected chi connectivity index (χ2v) is 5.96. The Labute approximate surface area is 118 Å². The molecule has 18 heavy (non-hydrogen) atoms. The number of hydrogen-bond donors (Lipinski definition) is 0. The van der Waals surface area contributed by atoms with E-state index in [9.17, 15) is 9.18 Å². The highest BCUT2D eigenvalue weighted by Gasteiger charge is 2.12. The van der Waals surface area contributed by atoms with Gasteiger partial charge in [0, 0.05) is 21.3 Å². The van der Waals surface area contributed by atoms with Gasteiger partial charge in [0.1, 0.15) is 5.82 Å². The number of hydrogen-bond acceptors (Lipinski definition) is 2. The highest BCUT2D eigenvalue weighted by molar-refractivity contribution is 9.10. The van der Waals surface area contributed by atoms with Gasteiger partial charge >= 0.3 is 0 Å². The van der Waals surface area contributed by atoms with E-state index in [-0.39, 0.29) is 11.6 Å². The topological polar surface area (TPSA) is 17.1 Å². The van der Waals surface area contributed by atoms with Gasteiger partial charge in [0.05, 0.1) is 4.88 Å². The maximum absolute atomic E-state index is 13.7. The van der Waals surface area contributed by atoms with Crippen molar-refractivity contribution in [3.63, 3.8) is 0 Å². The summed E-state index contributed by atoms with van der Waals surface area (Å²) in [7, 11) is 0. The lowest BCUT2D eigenvalue weighted by atomic mass is 10.1. The molecule has 1 aromatic carbocycles. The van der Waals surface area contributed by atoms with Gasteiger partial charge in [-0.3, -0.25) is 4.79 Å². The van der Waals surface area contributed by atoms with E-state index in [1.165, 1.54) is 17.4 Å². The van der Waals surface area contributed by atoms with Crippen molar-refractivity contribution < 1.29 is 9.18 Å². The van der Waals surface area contributed by atoms with Crippen LogP contribution in [-0.2, 0) is 0 Å². The zero-order valence-corrected chi connectivity index (χ0v) is 12.3. The van der Waals surface area contributed by atoms with Crippen molar-refractivity contribution in [2.75, 3.05) is 0 Å². The Balaban J connectivity index is 2.35. The second-order valence-electron chi connectivity index (χ2n) is 3.96. The summed E-state index contributed by atoms with van der Waals surface area (Å²) in [6.45, 7) is 1.97. The van der Waals surface area contributed by atoms with Crippen molar-refractivity contribution >= 4 is 33.0 Å². The number of carbonyl (C=O) groups excluding carboxylic acids is 1. The number of halogens is 2. The summed E-state index contributed by atoms with van der Waals surface area (Å²) in [5.41, 5.74) is 0.532. The van der Waals surface area contributed by atoms with E-state index in [4.69, 9.17) is 0 Å². The third-order valence-corrected chi connectivity index (χ3v) is 4.20. The molecule has 0 saturated heterocycles. The average Bonchev–Trinajstić information content (AvgIpc) is 2.82. The Hall–Kier alpha value is -1.00. The predicted molar refractivity (Wildman–Crippen MR) is 76.7 cm³/mol. The Morgan fingerprint density at radius 3 is 2.83 bits per heavy atom. The lowest BCUT2D eigenvalue weighted by Gasteiger charge is -2.00. The minimum Gasteiger partial charge on any atom is -0.293 e. The van der Waals surface area contributed by atoms with E-state index < -0.39 is 0 Å². The van der Waals surface area contributed by atoms with Crippen molar-refractivity contribution in [1.29, 1.82) is 0 Å². The van der Waals surface area contributed by atoms with Crippen LogP contribution in [0.15, 0.2) is 34.8 Å². The molecule has 0 saturated carbocycles. The van der Waals surface area contributed by atoms with Crippen LogP contribution in [0.1, 0.15) is 29.4 Å². The molecule has 1 nitrogen and oxygen atoms in total. The fourth-order valence-corrected chi connectivity index (χ4v) is 3.02. The molecule has 94 valence electrons. The molecule has 0 aliphatic carbocycles. The Kier molecular flexibility index (Phi) is 4.30. The standard InChI is InChI=1S/C14H12BrFOS/c1-2-3-12(17)14-7-6-13(18-14)10-8-9(15)4-5-11(10)16/h4-8H,2-3H2,1H3. The normalized spacial score (nSPS) is 10.6. The molecule has 2 aromatic rings. The number of benzene rings is 1. The van der Waals surface area contributed by atoms with E-state index in [1.54, 1.807) is 24.3 Å². The molecule has 0 unspecified atom stereocenters. The molecule has 0 N–H and O–H groups in total. The molecule has 1 heterocycles. The summed E-state index contributed by atoms with van der Waals surface area (Å²) >= 11 is 4.67. The van der Waals surface area contributed by atoms with E-state index in [0.29, 0.717) is 16.9 Å². The van der Waals surface area contributed by atoms with Crippen LogP contribution in [-0.4, -0.2) is 5.78 Å². The van der Waals surface area contributed by atoms with Crippen molar-refractivity contribution in [3.05, 3.63) is 45.5 Å². The van der Waals surface area contributed by atoms with Crippen molar-refractivity contribution in [1.82, 2.24) is 0 Å². The third kappa shape index (κ3) is 2.87. The van der Waals surface area contributed by atoms with Gasteiger partial charge in [-0.2, -0.15) is 0 Å². The zero-order valence-electron chi connectivity index (χ0n) is 9.87. The fourth-order valence-electron chi connectivity index (χ4n) is 1.67. The molecule has 0 fully saturated rings. The smallest absolute Gasteiger partial charge is 0.172 e. The summed E-state index contributed by atoms with van der Waals surface area (Å²) in [5, 5.41) is 0. The molecule has 0 bridgehead atoms. The van der Waals surface area contributed by atoms with Gasteiger partial charge in [-0.25, -0.2) is 4.39 Å². The number of ketones is 1. The van der Waals surface area contributed by atoms with Gasteiger partial charge < -0.3 is 0 Å². The number of thiophene rings is 1. The van der Waals surface area contributed by atoms with Crippen LogP contribution in [0.3, 0.4) is 0 Å². The monoisotopic (exact) mass is 326 g/mol. The number of carbonyl (C=O) groups is 1. The average molecular weight is 327 g/mol. The first-order valence-electron chi connectivity index (χ1n) is 5.70. The third-order valence-electron chi connectivity index (χ3n) is 2.55. The quantitative estimate of drug-likeness (QED) is 0.697. The molecule has 0 atom stereocenters. The Morgan fingerprint density at radius 1 is 1.33 bits per heavy atom. The van der Waals surface area contributed by atoms with Gasteiger partial charge in [0.15, 0.2) is 5.78 Å². The largest absolute Gasteiger partial charge is 0.293 e. The highest BCUT2D eigenvalue weighted by Crippen LogP contribution is 2.32. The lowest BCUT2D eigenvalue weighted by Crippen LogP contribution is -1.93. The molecule has 0 aliphatic heterocycles. The maximum atomic E-state index is 13.7. The van der Waals surface area contributed by atoms with Crippen LogP contribution >= 0.6 is 27.3 Å². The van der Waals surface area contributed by atoms with E-state index in [0.717, 1.165) is 15.8 Å². The van der Waals surface area contributed by atoms with E-state index in [2.05, 4.69) is 15.9 Å². The molecule has 4 heteroatoms. The van der Waals surface area contributed by atoms with Crippen LogP contribution in [0.4, 0.5) is 4.39 Å². The Bertz CT molecular complexity index is 577. The van der Waals surface area contributed by atoms with Gasteiger partial charge in [0.25, 0.3) is 0 Å². The first kappa shape index (κ1) is 13.4. The fraction of sp³-hybridized carbons (Fsp3) is 0.214. The molecule has 2 rings (SSSR count). The van der Waals surface area contributed by atoms with Crippen LogP contribution < -0.4 is 0 Å². The molecular weight excluding hydrogens is 315 g/mol. The summed E-state index contributed by atoms with van der Waals surface area (Å²) in [4.78, 5) is 13.2. The summed E-state index contributed by atoms with van der Waals surface area (Å²) in [6.07, 6.45) is 1.37. The van der Waals surface area contributed by atoms with Crippen LogP contribution in [0, 0.1) is 5.82 Å². The second kappa shape index (κ2) is 5.76. The summed E-state index contributed by atoms with van der Waals surface area (Å²) < 4.78 is 14.5. The molecule has 0 spiro atoms. The van der Waals surface area contributed by atoms with E-state index >= 15 is 0 Å². The van der Waals surface area contributed by atoms with Gasteiger partial charge in [0.2, 0.25) is 0 Å². The molecule has 1 aromatic heterocycles. The molecule has 0 radical (unpaired) electrons. The van der Waals surface area contributed by atoms with Crippen molar-refractivity contribution in [2.24, 2.45) is 0 Å². The van der Waals surface area contributed by atoms with Crippen molar-refractivity contribution in [2.45, 2.75) is 19.8 Å². The number of Topliss-reactive ketones (excluding diaryl/α,β-unsaturated/α-hetero) is 1. The number of rotatable bonds is 4. The summed E-state index contributed by atoms with van der Waals surface area (Å²) in [5.74, 6) is -0.140. The summed E-state index contributed by atoms with van der Waals surface area (Å²) in [6, 6.07) is 8.40. The first-order chi connectivity index (χ1) is 8.61. The van der Waals surface area contributed by atoms with E-state index in [1.807, 2.05) is 6.92 Å². The van der Waals surface area contributed by atoms with Crippen LogP contribution in [0.25, 0.3) is 10.4 Å². The highest BCUT2D eigenvalue weighted by atomic mass is 79.9. The molecular formula is C14H12BrFOS. The van der Waals surface area contributed by atoms with Gasteiger partial charge in [-0.1, -0.05) is 22.9 Å². The van der Waals surface area contributed by atoms with Crippen molar-refractivity contribution in [3.8, 4) is 10.4 Å². The predicted octanol–water partition coefficient (Wildman–Crippen LogP) is 5.30. The minimum absolute atomic E-state index is 0.129. The van der Waals surface area contributed by atoms with Gasteiger partial charge in [-0.15, -0.1) is 11.3 Å². The first-order valence-corrected chi connectivity index (χ1v) is 7.31. The van der Waals surface area contributed by atoms with Crippen LogP contribution in [0.5, 0.6) is 0 Å². The van der Waals surface area contributed by atoms with Crippen LogP contribution in [0.2, 0.25) is 0 Å². The lowest BCUT2D eigenvalue weighted by molar-refractivity contribution is 0.0985. The zero-order chi connectivity index (χ0) is 13.1. The van der Waals surface area contributed by atoms with Gasteiger partial charge in [-0.05, 0) is 36.8 Å². The molecule has 0 aliphatic rings. The maximum Gasteiger partial charge on any atom is 0.172 e. The Morgan fingerprint density at radius 2 is 2.11 bits per heavy atom. The minimum atomic E-state index is -0.269. The SMILES string of the molecule is CCCC(=O)c1ccc(-c2cc(Br)ccc2F)s1. The molecule has 0 amide bonds.